The molecule has 0 rings (SSSR count). The number of carboxylic acid groups (broad SMARTS) is 1. The van der Waals surface area contributed by atoms with Crippen LogP contribution in [-0.2, 0) is 4.79 Å². The molecule has 4 heteroatoms. The van der Waals surface area contributed by atoms with Crippen molar-refractivity contribution in [1.29, 1.82) is 0 Å². The van der Waals surface area contributed by atoms with E-state index in [0.29, 0.717) is 6.42 Å². The molecule has 19 heavy (non-hydrogen) atoms. The number of unbranched alkanes of at least 4 members (excludes halogenated alkanes) is 3. The van der Waals surface area contributed by atoms with Gasteiger partial charge in [-0.15, -0.1) is 0 Å². The highest BCUT2D eigenvalue weighted by Crippen LogP contribution is 2.61. The third kappa shape index (κ3) is 10.8. The van der Waals surface area contributed by atoms with Crippen LogP contribution in [0, 0.1) is 0 Å². The SMILES string of the molecule is CCCC[P+](CCCC)(CCCC)CCC(=O)O.[Br-]. The number of rotatable bonds is 12. The summed E-state index contributed by atoms with van der Waals surface area (Å²) in [6, 6.07) is 0. The molecule has 0 aliphatic rings. The summed E-state index contributed by atoms with van der Waals surface area (Å²) in [5, 5.41) is 8.97. The van der Waals surface area contributed by atoms with E-state index in [0.717, 1.165) is 6.16 Å². The maximum absolute atomic E-state index is 10.9. The van der Waals surface area contributed by atoms with Crippen molar-refractivity contribution in [1.82, 2.24) is 0 Å². The first-order valence-corrected chi connectivity index (χ1v) is 10.2. The van der Waals surface area contributed by atoms with Crippen LogP contribution >= 0.6 is 7.26 Å². The molecular weight excluding hydrogens is 323 g/mol. The van der Waals surface area contributed by atoms with E-state index >= 15 is 0 Å². The summed E-state index contributed by atoms with van der Waals surface area (Å²) in [5.74, 6) is -0.608. The van der Waals surface area contributed by atoms with E-state index in [2.05, 4.69) is 20.8 Å². The molecule has 0 bridgehead atoms. The molecule has 0 saturated carbocycles. The average molecular weight is 355 g/mol. The van der Waals surface area contributed by atoms with E-state index in [1.165, 1.54) is 57.0 Å². The largest absolute Gasteiger partial charge is 1.00 e. The zero-order chi connectivity index (χ0) is 13.9. The van der Waals surface area contributed by atoms with Gasteiger partial charge in [-0.2, -0.15) is 0 Å². The topological polar surface area (TPSA) is 37.3 Å². The molecule has 0 atom stereocenters. The predicted octanol–water partition coefficient (Wildman–Crippen LogP) is 1.88. The van der Waals surface area contributed by atoms with Crippen LogP contribution in [-0.4, -0.2) is 35.7 Å². The summed E-state index contributed by atoms with van der Waals surface area (Å²) in [6.07, 6.45) is 13.0. The summed E-state index contributed by atoms with van der Waals surface area (Å²) >= 11 is 0. The zero-order valence-electron chi connectivity index (χ0n) is 13.0. The Morgan fingerprint density at radius 3 is 1.47 bits per heavy atom. The molecule has 2 nitrogen and oxygen atoms in total. The van der Waals surface area contributed by atoms with E-state index < -0.39 is 13.2 Å². The number of carbonyl (C=O) groups is 1. The van der Waals surface area contributed by atoms with E-state index in [1.807, 2.05) is 0 Å². The molecule has 0 unspecified atom stereocenters. The predicted molar refractivity (Wildman–Crippen MR) is 83.4 cm³/mol. The van der Waals surface area contributed by atoms with E-state index in [-0.39, 0.29) is 17.0 Å². The normalized spacial score (nSPS) is 11.1. The lowest BCUT2D eigenvalue weighted by atomic mass is 10.4. The smallest absolute Gasteiger partial charge is 0.307 e. The van der Waals surface area contributed by atoms with Crippen LogP contribution in [0.1, 0.15) is 65.7 Å². The highest BCUT2D eigenvalue weighted by molar-refractivity contribution is 7.75. The first-order valence-electron chi connectivity index (χ1n) is 7.67. The quantitative estimate of drug-likeness (QED) is 0.543. The van der Waals surface area contributed by atoms with E-state index in [1.54, 1.807) is 0 Å². The number of aliphatic carboxylic acids is 1. The van der Waals surface area contributed by atoms with Crippen molar-refractivity contribution >= 4 is 13.2 Å². The van der Waals surface area contributed by atoms with Gasteiger partial charge in [-0.1, -0.05) is 40.0 Å². The second-order valence-corrected chi connectivity index (χ2v) is 9.91. The van der Waals surface area contributed by atoms with Gasteiger partial charge in [-0.3, -0.25) is 4.79 Å². The summed E-state index contributed by atoms with van der Waals surface area (Å²) in [7, 11) is -0.980. The Kier molecular flexibility index (Phi) is 15.2. The van der Waals surface area contributed by atoms with Crippen LogP contribution in [0.2, 0.25) is 0 Å². The minimum absolute atomic E-state index is 0. The van der Waals surface area contributed by atoms with Crippen LogP contribution in [0.15, 0.2) is 0 Å². The molecule has 0 aromatic carbocycles. The fraction of sp³-hybridized carbons (Fsp3) is 0.933. The molecule has 0 aromatic heterocycles. The summed E-state index contributed by atoms with van der Waals surface area (Å²) in [5.41, 5.74) is 0. The number of halogens is 1. The lowest BCUT2D eigenvalue weighted by Gasteiger charge is -2.27. The molecule has 0 fully saturated rings. The average Bonchev–Trinajstić information content (AvgIpc) is 2.37. The van der Waals surface area contributed by atoms with Gasteiger partial charge in [0, 0.05) is 7.26 Å². The molecular formula is C15H32BrO2P. The summed E-state index contributed by atoms with van der Waals surface area (Å²) < 4.78 is 0. The Labute approximate surface area is 130 Å². The van der Waals surface area contributed by atoms with Crippen LogP contribution in [0.5, 0.6) is 0 Å². The lowest BCUT2D eigenvalue weighted by Crippen LogP contribution is -3.00. The summed E-state index contributed by atoms with van der Waals surface area (Å²) in [4.78, 5) is 10.9. The molecule has 0 heterocycles. The minimum atomic E-state index is -0.980. The molecule has 0 spiro atoms. The standard InChI is InChI=1S/C15H31O2P.BrH/c1-4-7-11-18(12-8-5-2,13-9-6-3)14-10-15(16)17;/h4-14H2,1-3H3;1H. The van der Waals surface area contributed by atoms with Gasteiger partial charge in [-0.05, 0) is 19.3 Å². The van der Waals surface area contributed by atoms with Crippen LogP contribution in [0.3, 0.4) is 0 Å². The molecule has 1 N–H and O–H groups in total. The Hall–Kier alpha value is 0.380. The zero-order valence-corrected chi connectivity index (χ0v) is 15.4. The van der Waals surface area contributed by atoms with Crippen molar-refractivity contribution in [2.45, 2.75) is 65.7 Å². The Morgan fingerprint density at radius 1 is 0.842 bits per heavy atom. The maximum atomic E-state index is 10.9. The van der Waals surface area contributed by atoms with Crippen molar-refractivity contribution in [3.05, 3.63) is 0 Å². The van der Waals surface area contributed by atoms with Crippen molar-refractivity contribution in [3.63, 3.8) is 0 Å². The van der Waals surface area contributed by atoms with Gasteiger partial charge in [0.1, 0.15) is 0 Å². The van der Waals surface area contributed by atoms with Crippen molar-refractivity contribution in [3.8, 4) is 0 Å². The minimum Gasteiger partial charge on any atom is -1.00 e. The maximum Gasteiger partial charge on any atom is 0.307 e. The van der Waals surface area contributed by atoms with Gasteiger partial charge in [-0.25, -0.2) is 0 Å². The molecule has 0 saturated heterocycles. The Bertz CT molecular complexity index is 200. The van der Waals surface area contributed by atoms with E-state index in [4.69, 9.17) is 5.11 Å². The van der Waals surface area contributed by atoms with E-state index in [9.17, 15) is 4.79 Å². The van der Waals surface area contributed by atoms with Gasteiger partial charge < -0.3 is 22.1 Å². The molecule has 0 radical (unpaired) electrons. The highest BCUT2D eigenvalue weighted by Gasteiger charge is 2.35. The first-order chi connectivity index (χ1) is 8.60. The van der Waals surface area contributed by atoms with Crippen LogP contribution < -0.4 is 17.0 Å². The first kappa shape index (κ1) is 21.7. The van der Waals surface area contributed by atoms with Gasteiger partial charge in [0.05, 0.1) is 31.1 Å². The monoisotopic (exact) mass is 354 g/mol. The molecule has 116 valence electrons. The van der Waals surface area contributed by atoms with Crippen molar-refractivity contribution < 1.29 is 26.9 Å². The van der Waals surface area contributed by atoms with Crippen LogP contribution in [0.4, 0.5) is 0 Å². The fourth-order valence-corrected chi connectivity index (χ4v) is 7.45. The Morgan fingerprint density at radius 2 is 1.21 bits per heavy atom. The van der Waals surface area contributed by atoms with Crippen molar-refractivity contribution in [2.24, 2.45) is 0 Å². The molecule has 0 aliphatic heterocycles. The second kappa shape index (κ2) is 13.4. The second-order valence-electron chi connectivity index (χ2n) is 5.44. The lowest BCUT2D eigenvalue weighted by molar-refractivity contribution is -0.136. The fourth-order valence-electron chi connectivity index (χ4n) is 2.48. The van der Waals surface area contributed by atoms with Gasteiger partial charge in [0.25, 0.3) is 0 Å². The molecule has 0 aliphatic carbocycles. The number of hydrogen-bond donors (Lipinski definition) is 1. The third-order valence-electron chi connectivity index (χ3n) is 3.76. The molecule has 0 amide bonds. The molecule has 0 aromatic rings. The summed E-state index contributed by atoms with van der Waals surface area (Å²) in [6.45, 7) is 6.72. The van der Waals surface area contributed by atoms with Gasteiger partial charge in [0.2, 0.25) is 0 Å². The van der Waals surface area contributed by atoms with Crippen LogP contribution in [0.25, 0.3) is 0 Å². The third-order valence-corrected chi connectivity index (χ3v) is 8.73. The number of hydrogen-bond acceptors (Lipinski definition) is 1. The van der Waals surface area contributed by atoms with Gasteiger partial charge >= 0.3 is 5.97 Å². The number of carboxylic acids is 1. The van der Waals surface area contributed by atoms with Crippen molar-refractivity contribution in [2.75, 3.05) is 24.6 Å². The van der Waals surface area contributed by atoms with Gasteiger partial charge in [0.15, 0.2) is 0 Å². The Balaban J connectivity index is 0. The highest BCUT2D eigenvalue weighted by atomic mass is 79.9.